The van der Waals surface area contributed by atoms with Gasteiger partial charge in [0.2, 0.25) is 5.91 Å². The van der Waals surface area contributed by atoms with Crippen LogP contribution >= 0.6 is 12.2 Å². The third-order valence-corrected chi connectivity index (χ3v) is 3.73. The lowest BCUT2D eigenvalue weighted by Crippen LogP contribution is -2.22. The first-order valence-electron chi connectivity index (χ1n) is 7.07. The van der Waals surface area contributed by atoms with Crippen molar-refractivity contribution in [1.29, 1.82) is 0 Å². The maximum Gasteiger partial charge on any atom is 0.224 e. The van der Waals surface area contributed by atoms with Gasteiger partial charge in [0, 0.05) is 18.6 Å². The summed E-state index contributed by atoms with van der Waals surface area (Å²) >= 11 is 4.78. The molecule has 1 aromatic rings. The van der Waals surface area contributed by atoms with Crippen LogP contribution < -0.4 is 11.1 Å². The molecule has 114 valence electrons. The summed E-state index contributed by atoms with van der Waals surface area (Å²) in [5, 5.41) is 2.56. The van der Waals surface area contributed by atoms with E-state index in [4.69, 9.17) is 22.7 Å². The number of anilines is 1. The summed E-state index contributed by atoms with van der Waals surface area (Å²) in [4.78, 5) is 12.0. The van der Waals surface area contributed by atoms with Crippen LogP contribution in [0.3, 0.4) is 0 Å². The number of benzene rings is 1. The number of carbonyl (C=O) groups is 1. The van der Waals surface area contributed by atoms with Crippen molar-refractivity contribution in [2.75, 3.05) is 11.9 Å². The first kappa shape index (κ1) is 15.9. The zero-order chi connectivity index (χ0) is 15.2. The van der Waals surface area contributed by atoms with Gasteiger partial charge in [0.15, 0.2) is 0 Å². The van der Waals surface area contributed by atoms with Crippen LogP contribution in [0.2, 0.25) is 0 Å². The Morgan fingerprint density at radius 1 is 1.48 bits per heavy atom. The number of amides is 1. The number of carbonyl (C=O) groups excluding carboxylic acids is 1. The fourth-order valence-corrected chi connectivity index (χ4v) is 2.44. The number of thiocarbonyl (C=S) groups is 1. The summed E-state index contributed by atoms with van der Waals surface area (Å²) in [6.07, 6.45) is 4.35. The van der Waals surface area contributed by atoms with Gasteiger partial charge in [0.05, 0.1) is 11.8 Å². The fourth-order valence-electron chi connectivity index (χ4n) is 2.31. The third-order valence-electron chi connectivity index (χ3n) is 3.50. The van der Waals surface area contributed by atoms with Crippen molar-refractivity contribution in [3.63, 3.8) is 0 Å². The van der Waals surface area contributed by atoms with Gasteiger partial charge in [-0.15, -0.1) is 0 Å². The Morgan fingerprint density at radius 3 is 2.90 bits per heavy atom. The molecule has 21 heavy (non-hydrogen) atoms. The third kappa shape index (κ3) is 4.75. The lowest BCUT2D eigenvalue weighted by atomic mass is 10.0. The highest BCUT2D eigenvalue weighted by Crippen LogP contribution is 2.19. The summed E-state index contributed by atoms with van der Waals surface area (Å²) in [6, 6.07) is 4.28. The van der Waals surface area contributed by atoms with Gasteiger partial charge in [0.25, 0.3) is 0 Å². The average molecular weight is 310 g/mol. The molecule has 1 fully saturated rings. The van der Waals surface area contributed by atoms with Crippen molar-refractivity contribution in [2.24, 2.45) is 5.73 Å². The minimum Gasteiger partial charge on any atom is -0.389 e. The van der Waals surface area contributed by atoms with Gasteiger partial charge < -0.3 is 15.8 Å². The van der Waals surface area contributed by atoms with Gasteiger partial charge in [-0.1, -0.05) is 12.2 Å². The smallest absolute Gasteiger partial charge is 0.224 e. The Hall–Kier alpha value is -1.53. The van der Waals surface area contributed by atoms with Gasteiger partial charge in [-0.3, -0.25) is 4.79 Å². The summed E-state index contributed by atoms with van der Waals surface area (Å²) < 4.78 is 19.4. The molecule has 0 radical (unpaired) electrons. The molecule has 0 aromatic heterocycles. The van der Waals surface area contributed by atoms with Crippen LogP contribution in [0.15, 0.2) is 18.2 Å². The second-order valence-electron chi connectivity index (χ2n) is 5.13. The SMILES string of the molecule is NC(=S)c1ccc(NC(=O)CCC2CCCCO2)c(F)c1. The molecule has 1 aliphatic heterocycles. The number of nitrogens with two attached hydrogens (primary N) is 1. The van der Waals surface area contributed by atoms with Crippen LogP contribution in [0.25, 0.3) is 0 Å². The van der Waals surface area contributed by atoms with E-state index in [2.05, 4.69) is 5.32 Å². The number of hydrogen-bond acceptors (Lipinski definition) is 3. The van der Waals surface area contributed by atoms with Crippen molar-refractivity contribution in [1.82, 2.24) is 0 Å². The molecule has 3 N–H and O–H groups in total. The van der Waals surface area contributed by atoms with Crippen LogP contribution in [-0.2, 0) is 9.53 Å². The standard InChI is InChI=1S/C15H19FN2O2S/c16-12-9-10(15(17)21)4-6-13(12)18-14(19)7-5-11-3-1-2-8-20-11/h4,6,9,11H,1-3,5,7-8H2,(H2,17,21)(H,18,19). The molecule has 4 nitrogen and oxygen atoms in total. The predicted molar refractivity (Wildman–Crippen MR) is 83.7 cm³/mol. The Balaban J connectivity index is 1.85. The number of nitrogens with one attached hydrogen (secondary N) is 1. The molecule has 0 spiro atoms. The van der Waals surface area contributed by atoms with E-state index in [1.54, 1.807) is 6.07 Å². The number of rotatable bonds is 5. The fraction of sp³-hybridized carbons (Fsp3) is 0.467. The normalized spacial score (nSPS) is 18.2. The maximum absolute atomic E-state index is 13.8. The zero-order valence-electron chi connectivity index (χ0n) is 11.7. The molecule has 0 saturated carbocycles. The summed E-state index contributed by atoms with van der Waals surface area (Å²) in [6.45, 7) is 0.765. The molecule has 1 atom stereocenters. The van der Waals surface area contributed by atoms with E-state index in [0.29, 0.717) is 18.4 Å². The molecule has 1 heterocycles. The van der Waals surface area contributed by atoms with Crippen molar-refractivity contribution in [2.45, 2.75) is 38.2 Å². The molecule has 6 heteroatoms. The Bertz CT molecular complexity index is 530. The Kier molecular flexibility index (Phi) is 5.64. The summed E-state index contributed by atoms with van der Waals surface area (Å²) in [5.41, 5.74) is 6.01. The second kappa shape index (κ2) is 7.47. The molecule has 0 aliphatic carbocycles. The topological polar surface area (TPSA) is 64.3 Å². The maximum atomic E-state index is 13.8. The average Bonchev–Trinajstić information content (AvgIpc) is 2.48. The molecule has 1 saturated heterocycles. The second-order valence-corrected chi connectivity index (χ2v) is 5.57. The van der Waals surface area contributed by atoms with Gasteiger partial charge in [-0.05, 0) is 43.9 Å². The molecule has 1 amide bonds. The minimum absolute atomic E-state index is 0.126. The predicted octanol–water partition coefficient (Wildman–Crippen LogP) is 2.75. The van der Waals surface area contributed by atoms with Gasteiger partial charge in [-0.2, -0.15) is 0 Å². The lowest BCUT2D eigenvalue weighted by molar-refractivity contribution is -0.117. The van der Waals surface area contributed by atoms with Crippen LogP contribution in [0, 0.1) is 5.82 Å². The minimum atomic E-state index is -0.539. The summed E-state index contributed by atoms with van der Waals surface area (Å²) in [7, 11) is 0. The van der Waals surface area contributed by atoms with Gasteiger partial charge in [0.1, 0.15) is 10.8 Å². The van der Waals surface area contributed by atoms with Crippen molar-refractivity contribution in [3.05, 3.63) is 29.6 Å². The van der Waals surface area contributed by atoms with Crippen molar-refractivity contribution < 1.29 is 13.9 Å². The van der Waals surface area contributed by atoms with E-state index < -0.39 is 5.82 Å². The quantitative estimate of drug-likeness (QED) is 0.821. The van der Waals surface area contributed by atoms with E-state index >= 15 is 0 Å². The monoisotopic (exact) mass is 310 g/mol. The van der Waals surface area contributed by atoms with E-state index in [1.807, 2.05) is 0 Å². The van der Waals surface area contributed by atoms with Gasteiger partial charge >= 0.3 is 0 Å². The Labute approximate surface area is 128 Å². The molecular weight excluding hydrogens is 291 g/mol. The first-order valence-corrected chi connectivity index (χ1v) is 7.48. The van der Waals surface area contributed by atoms with E-state index in [-0.39, 0.29) is 22.7 Å². The highest BCUT2D eigenvalue weighted by atomic mass is 32.1. The molecule has 1 aromatic carbocycles. The van der Waals surface area contributed by atoms with E-state index in [9.17, 15) is 9.18 Å². The molecule has 0 bridgehead atoms. The largest absolute Gasteiger partial charge is 0.389 e. The first-order chi connectivity index (χ1) is 10.1. The van der Waals surface area contributed by atoms with Crippen LogP contribution in [0.1, 0.15) is 37.7 Å². The van der Waals surface area contributed by atoms with E-state index in [0.717, 1.165) is 25.9 Å². The summed E-state index contributed by atoms with van der Waals surface area (Å²) in [5.74, 6) is -0.756. The lowest BCUT2D eigenvalue weighted by Gasteiger charge is -2.22. The molecule has 1 unspecified atom stereocenters. The van der Waals surface area contributed by atoms with Crippen molar-refractivity contribution in [3.8, 4) is 0 Å². The highest BCUT2D eigenvalue weighted by Gasteiger charge is 2.16. The van der Waals surface area contributed by atoms with Crippen LogP contribution in [0.4, 0.5) is 10.1 Å². The van der Waals surface area contributed by atoms with Gasteiger partial charge in [-0.25, -0.2) is 4.39 Å². The molecule has 1 aliphatic rings. The molecule has 2 rings (SSSR count). The van der Waals surface area contributed by atoms with Crippen LogP contribution in [0.5, 0.6) is 0 Å². The number of halogens is 1. The Morgan fingerprint density at radius 2 is 2.29 bits per heavy atom. The van der Waals surface area contributed by atoms with Crippen molar-refractivity contribution >= 4 is 28.8 Å². The zero-order valence-corrected chi connectivity index (χ0v) is 12.5. The highest BCUT2D eigenvalue weighted by molar-refractivity contribution is 7.80. The van der Waals surface area contributed by atoms with Crippen LogP contribution in [-0.4, -0.2) is 23.6 Å². The number of hydrogen-bond donors (Lipinski definition) is 2. The van der Waals surface area contributed by atoms with E-state index in [1.165, 1.54) is 12.1 Å². The molecular formula is C15H19FN2O2S. The number of ether oxygens (including phenoxy) is 1.